The summed E-state index contributed by atoms with van der Waals surface area (Å²) in [5.74, 6) is -0.0284. The molecule has 0 saturated heterocycles. The molecule has 120 valence electrons. The van der Waals surface area contributed by atoms with E-state index in [1.807, 2.05) is 20.8 Å². The maximum Gasteiger partial charge on any atom is 0.237 e. The summed E-state index contributed by atoms with van der Waals surface area (Å²) in [6, 6.07) is -0.449. The van der Waals surface area contributed by atoms with E-state index >= 15 is 0 Å². The second-order valence-electron chi connectivity index (χ2n) is 7.24. The minimum absolute atomic E-state index is 0. The zero-order valence-electron chi connectivity index (χ0n) is 13.7. The maximum atomic E-state index is 12.1. The smallest absolute Gasteiger partial charge is 0.237 e. The normalized spacial score (nSPS) is 20.1. The first-order valence-corrected chi connectivity index (χ1v) is 7.40. The van der Waals surface area contributed by atoms with Gasteiger partial charge in [0.1, 0.15) is 0 Å². The quantitative estimate of drug-likeness (QED) is 0.837. The van der Waals surface area contributed by atoms with Crippen molar-refractivity contribution in [2.24, 2.45) is 11.1 Å². The van der Waals surface area contributed by atoms with Crippen LogP contribution >= 0.6 is 12.4 Å². The van der Waals surface area contributed by atoms with Gasteiger partial charge in [-0.2, -0.15) is 0 Å². The van der Waals surface area contributed by atoms with Crippen LogP contribution in [0.3, 0.4) is 0 Å². The number of carbonyl (C=O) groups excluding carboxylic acids is 1. The molecule has 0 unspecified atom stereocenters. The van der Waals surface area contributed by atoms with Crippen LogP contribution in [0.1, 0.15) is 52.9 Å². The number of nitrogens with two attached hydrogens (primary N) is 1. The van der Waals surface area contributed by atoms with Gasteiger partial charge in [-0.1, -0.05) is 40.0 Å². The fourth-order valence-electron chi connectivity index (χ4n) is 2.75. The summed E-state index contributed by atoms with van der Waals surface area (Å²) >= 11 is 0. The molecule has 1 atom stereocenters. The summed E-state index contributed by atoms with van der Waals surface area (Å²) in [7, 11) is 4.22. The number of carbonyl (C=O) groups is 1. The monoisotopic (exact) mass is 305 g/mol. The first-order chi connectivity index (χ1) is 8.69. The summed E-state index contributed by atoms with van der Waals surface area (Å²) in [4.78, 5) is 14.4. The van der Waals surface area contributed by atoms with Crippen molar-refractivity contribution in [1.82, 2.24) is 10.2 Å². The number of hydrogen-bond donors (Lipinski definition) is 2. The van der Waals surface area contributed by atoms with Crippen molar-refractivity contribution in [2.45, 2.75) is 64.5 Å². The first-order valence-electron chi connectivity index (χ1n) is 7.40. The molecule has 0 aromatic rings. The summed E-state index contributed by atoms with van der Waals surface area (Å²) in [6.07, 6.45) is 6.12. The molecule has 0 aromatic heterocycles. The second-order valence-corrected chi connectivity index (χ2v) is 7.24. The van der Waals surface area contributed by atoms with Gasteiger partial charge in [0.05, 0.1) is 6.04 Å². The molecule has 4 nitrogen and oxygen atoms in total. The van der Waals surface area contributed by atoms with Gasteiger partial charge in [-0.25, -0.2) is 0 Å². The molecule has 1 saturated carbocycles. The molecule has 0 aliphatic heterocycles. The van der Waals surface area contributed by atoms with E-state index in [9.17, 15) is 4.79 Å². The molecule has 1 rings (SSSR count). The van der Waals surface area contributed by atoms with Crippen LogP contribution in [0.2, 0.25) is 0 Å². The molecule has 1 amide bonds. The van der Waals surface area contributed by atoms with E-state index in [0.29, 0.717) is 6.54 Å². The van der Waals surface area contributed by atoms with Crippen molar-refractivity contribution in [2.75, 3.05) is 20.6 Å². The molecule has 3 N–H and O–H groups in total. The van der Waals surface area contributed by atoms with Gasteiger partial charge in [0, 0.05) is 12.1 Å². The molecule has 0 heterocycles. The van der Waals surface area contributed by atoms with Crippen molar-refractivity contribution >= 4 is 18.3 Å². The number of amides is 1. The highest BCUT2D eigenvalue weighted by Gasteiger charge is 2.36. The van der Waals surface area contributed by atoms with Crippen LogP contribution in [-0.4, -0.2) is 43.0 Å². The van der Waals surface area contributed by atoms with Gasteiger partial charge in [0.15, 0.2) is 0 Å². The van der Waals surface area contributed by atoms with Crippen LogP contribution in [0.15, 0.2) is 0 Å². The van der Waals surface area contributed by atoms with Crippen LogP contribution < -0.4 is 11.1 Å². The van der Waals surface area contributed by atoms with Gasteiger partial charge in [0.25, 0.3) is 0 Å². The Bertz CT molecular complexity index is 307. The van der Waals surface area contributed by atoms with Crippen LogP contribution in [0.25, 0.3) is 0 Å². The minimum atomic E-state index is -0.449. The van der Waals surface area contributed by atoms with Gasteiger partial charge in [-0.15, -0.1) is 12.4 Å². The van der Waals surface area contributed by atoms with Gasteiger partial charge < -0.3 is 16.0 Å². The van der Waals surface area contributed by atoms with Gasteiger partial charge in [-0.3, -0.25) is 4.79 Å². The molecule has 0 aromatic carbocycles. The van der Waals surface area contributed by atoms with Crippen molar-refractivity contribution in [3.05, 3.63) is 0 Å². The zero-order chi connectivity index (χ0) is 14.7. The molecular weight excluding hydrogens is 274 g/mol. The Morgan fingerprint density at radius 1 is 1.25 bits per heavy atom. The van der Waals surface area contributed by atoms with Crippen LogP contribution in [-0.2, 0) is 4.79 Å². The number of rotatable bonds is 4. The van der Waals surface area contributed by atoms with E-state index in [-0.39, 0.29) is 29.3 Å². The molecule has 1 fully saturated rings. The molecule has 1 aliphatic rings. The van der Waals surface area contributed by atoms with Gasteiger partial charge in [-0.05, 0) is 32.4 Å². The highest BCUT2D eigenvalue weighted by molar-refractivity contribution is 5.85. The van der Waals surface area contributed by atoms with E-state index in [0.717, 1.165) is 12.8 Å². The molecule has 5 heteroatoms. The third kappa shape index (κ3) is 4.90. The Hall–Kier alpha value is -0.320. The van der Waals surface area contributed by atoms with Crippen LogP contribution in [0.4, 0.5) is 0 Å². The Morgan fingerprint density at radius 3 is 2.15 bits per heavy atom. The molecule has 0 radical (unpaired) electrons. The van der Waals surface area contributed by atoms with E-state index in [4.69, 9.17) is 5.73 Å². The Kier molecular flexibility index (Phi) is 7.50. The topological polar surface area (TPSA) is 58.4 Å². The fourth-order valence-corrected chi connectivity index (χ4v) is 2.75. The van der Waals surface area contributed by atoms with Crippen LogP contribution in [0, 0.1) is 5.41 Å². The Morgan fingerprint density at radius 2 is 1.75 bits per heavy atom. The average Bonchev–Trinajstić information content (AvgIpc) is 2.34. The van der Waals surface area contributed by atoms with Crippen molar-refractivity contribution < 1.29 is 4.79 Å². The number of halogens is 1. The number of hydrogen-bond acceptors (Lipinski definition) is 3. The third-order valence-electron chi connectivity index (χ3n) is 4.54. The predicted molar refractivity (Wildman–Crippen MR) is 87.2 cm³/mol. The lowest BCUT2D eigenvalue weighted by Crippen LogP contribution is -2.57. The van der Waals surface area contributed by atoms with E-state index < -0.39 is 6.04 Å². The molecular formula is C15H32ClN3O. The SMILES string of the molecule is CN(C)C1(CNC(=O)[C@@H](N)C(C)(C)C)CCCCC1.Cl. The number of nitrogens with one attached hydrogen (secondary N) is 1. The summed E-state index contributed by atoms with van der Waals surface area (Å²) in [6.45, 7) is 6.71. The summed E-state index contributed by atoms with van der Waals surface area (Å²) < 4.78 is 0. The maximum absolute atomic E-state index is 12.1. The molecule has 0 spiro atoms. The molecule has 0 bridgehead atoms. The van der Waals surface area contributed by atoms with E-state index in [1.165, 1.54) is 19.3 Å². The summed E-state index contributed by atoms with van der Waals surface area (Å²) in [5, 5.41) is 3.08. The lowest BCUT2D eigenvalue weighted by Gasteiger charge is -2.43. The lowest BCUT2D eigenvalue weighted by atomic mass is 9.80. The van der Waals surface area contributed by atoms with Crippen LogP contribution in [0.5, 0.6) is 0 Å². The van der Waals surface area contributed by atoms with E-state index in [1.54, 1.807) is 0 Å². The Balaban J connectivity index is 0.00000361. The van der Waals surface area contributed by atoms with E-state index in [2.05, 4.69) is 24.3 Å². The predicted octanol–water partition coefficient (Wildman–Crippen LogP) is 2.16. The molecule has 20 heavy (non-hydrogen) atoms. The molecule has 1 aliphatic carbocycles. The van der Waals surface area contributed by atoms with Crippen molar-refractivity contribution in [3.8, 4) is 0 Å². The summed E-state index contributed by atoms with van der Waals surface area (Å²) in [5.41, 5.74) is 5.93. The standard InChI is InChI=1S/C15H31N3O.ClH/c1-14(2,3)12(16)13(19)17-11-15(18(4)5)9-7-6-8-10-15;/h12H,6-11,16H2,1-5H3,(H,17,19);1H/t12-;/m1./s1. The Labute approximate surface area is 130 Å². The highest BCUT2D eigenvalue weighted by atomic mass is 35.5. The average molecular weight is 306 g/mol. The van der Waals surface area contributed by atoms with Crippen molar-refractivity contribution in [3.63, 3.8) is 0 Å². The third-order valence-corrected chi connectivity index (χ3v) is 4.54. The minimum Gasteiger partial charge on any atom is -0.353 e. The highest BCUT2D eigenvalue weighted by Crippen LogP contribution is 2.31. The zero-order valence-corrected chi connectivity index (χ0v) is 14.5. The van der Waals surface area contributed by atoms with Gasteiger partial charge in [0.2, 0.25) is 5.91 Å². The fraction of sp³-hybridized carbons (Fsp3) is 0.933. The number of likely N-dealkylation sites (N-methyl/N-ethyl adjacent to an activating group) is 1. The van der Waals surface area contributed by atoms with Crippen molar-refractivity contribution in [1.29, 1.82) is 0 Å². The first kappa shape index (κ1) is 19.7. The van der Waals surface area contributed by atoms with Gasteiger partial charge >= 0.3 is 0 Å². The second kappa shape index (κ2) is 7.62. The largest absolute Gasteiger partial charge is 0.353 e. The number of nitrogens with zero attached hydrogens (tertiary/aromatic N) is 1. The lowest BCUT2D eigenvalue weighted by molar-refractivity contribution is -0.125.